The fourth-order valence-electron chi connectivity index (χ4n) is 2.25. The second-order valence-corrected chi connectivity index (χ2v) is 4.63. The van der Waals surface area contributed by atoms with Gasteiger partial charge in [-0.25, -0.2) is 8.78 Å². The molecule has 102 valence electrons. The summed E-state index contributed by atoms with van der Waals surface area (Å²) in [6, 6.07) is 8.58. The number of benzene rings is 2. The van der Waals surface area contributed by atoms with Gasteiger partial charge >= 0.3 is 0 Å². The Bertz CT molecular complexity index is 686. The van der Waals surface area contributed by atoms with Crippen LogP contribution >= 0.6 is 0 Å². The summed E-state index contributed by atoms with van der Waals surface area (Å²) in [5.41, 5.74) is 2.43. The molecule has 0 saturated heterocycles. The zero-order valence-corrected chi connectivity index (χ0v) is 10.5. The number of rotatable bonds is 2. The maximum Gasteiger partial charge on any atom is 0.251 e. The Hall–Kier alpha value is -2.43. The predicted molar refractivity (Wildman–Crippen MR) is 72.1 cm³/mol. The minimum atomic E-state index is -0.652. The van der Waals surface area contributed by atoms with E-state index < -0.39 is 11.6 Å². The molecule has 3 nitrogen and oxygen atoms in total. The molecule has 1 aliphatic heterocycles. The molecule has 0 spiro atoms. The van der Waals surface area contributed by atoms with Gasteiger partial charge in [0, 0.05) is 23.9 Å². The molecule has 2 N–H and O–H groups in total. The van der Waals surface area contributed by atoms with Crippen molar-refractivity contribution in [3.8, 4) is 0 Å². The van der Waals surface area contributed by atoms with Crippen LogP contribution in [0.5, 0.6) is 0 Å². The number of halogens is 2. The normalized spacial score (nSPS) is 13.6. The van der Waals surface area contributed by atoms with Crippen LogP contribution in [0.15, 0.2) is 36.4 Å². The van der Waals surface area contributed by atoms with Gasteiger partial charge in [0.05, 0.1) is 5.69 Å². The smallest absolute Gasteiger partial charge is 0.251 e. The van der Waals surface area contributed by atoms with Crippen LogP contribution in [0.2, 0.25) is 0 Å². The van der Waals surface area contributed by atoms with E-state index in [0.717, 1.165) is 18.1 Å². The van der Waals surface area contributed by atoms with Crippen molar-refractivity contribution < 1.29 is 13.6 Å². The molecular formula is C15H12F2N2O. The highest BCUT2D eigenvalue weighted by Crippen LogP contribution is 2.24. The van der Waals surface area contributed by atoms with Crippen molar-refractivity contribution in [1.29, 1.82) is 0 Å². The first-order chi connectivity index (χ1) is 9.63. The van der Waals surface area contributed by atoms with Crippen molar-refractivity contribution >= 4 is 17.3 Å². The van der Waals surface area contributed by atoms with E-state index in [2.05, 4.69) is 10.6 Å². The van der Waals surface area contributed by atoms with Crippen molar-refractivity contribution in [1.82, 2.24) is 5.32 Å². The average Bonchev–Trinajstić information content (AvgIpc) is 2.42. The summed E-state index contributed by atoms with van der Waals surface area (Å²) in [5.74, 6) is -1.36. The number of hydrogen-bond acceptors (Lipinski definition) is 2. The van der Waals surface area contributed by atoms with Gasteiger partial charge in [0.15, 0.2) is 0 Å². The molecule has 2 aromatic carbocycles. The van der Waals surface area contributed by atoms with Gasteiger partial charge in [0.2, 0.25) is 0 Å². The highest BCUT2D eigenvalue weighted by Gasteiger charge is 2.16. The van der Waals surface area contributed by atoms with Crippen LogP contribution in [0.1, 0.15) is 15.9 Å². The molecule has 0 radical (unpaired) electrons. The van der Waals surface area contributed by atoms with E-state index in [9.17, 15) is 13.6 Å². The third-order valence-corrected chi connectivity index (χ3v) is 3.24. The maximum atomic E-state index is 13.6. The lowest BCUT2D eigenvalue weighted by Gasteiger charge is -2.17. The van der Waals surface area contributed by atoms with Crippen LogP contribution in [0, 0.1) is 11.6 Å². The molecule has 1 amide bonds. The van der Waals surface area contributed by atoms with Gasteiger partial charge in [0.1, 0.15) is 11.6 Å². The van der Waals surface area contributed by atoms with Gasteiger partial charge < -0.3 is 10.6 Å². The molecule has 1 heterocycles. The Labute approximate surface area is 114 Å². The Morgan fingerprint density at radius 1 is 1.10 bits per heavy atom. The summed E-state index contributed by atoms with van der Waals surface area (Å²) in [6.45, 7) is 0.597. The summed E-state index contributed by atoms with van der Waals surface area (Å²) >= 11 is 0. The Balaban J connectivity index is 1.90. The molecule has 20 heavy (non-hydrogen) atoms. The maximum absolute atomic E-state index is 13.6. The van der Waals surface area contributed by atoms with Gasteiger partial charge in [-0.05, 0) is 42.3 Å². The van der Waals surface area contributed by atoms with Gasteiger partial charge in [-0.2, -0.15) is 0 Å². The second-order valence-electron chi connectivity index (χ2n) is 4.63. The quantitative estimate of drug-likeness (QED) is 0.884. The van der Waals surface area contributed by atoms with Crippen molar-refractivity contribution in [3.63, 3.8) is 0 Å². The molecule has 0 aromatic heterocycles. The van der Waals surface area contributed by atoms with E-state index in [-0.39, 0.29) is 11.6 Å². The van der Waals surface area contributed by atoms with Crippen molar-refractivity contribution in [3.05, 3.63) is 59.2 Å². The summed E-state index contributed by atoms with van der Waals surface area (Å²) in [4.78, 5) is 11.6. The van der Waals surface area contributed by atoms with Crippen LogP contribution in [-0.4, -0.2) is 12.5 Å². The van der Waals surface area contributed by atoms with E-state index in [1.54, 1.807) is 12.1 Å². The van der Waals surface area contributed by atoms with E-state index in [4.69, 9.17) is 0 Å². The van der Waals surface area contributed by atoms with E-state index in [0.29, 0.717) is 17.8 Å². The SMILES string of the molecule is O=C1NCCc2cc(Nc3ccc(F)cc3F)ccc21. The highest BCUT2D eigenvalue weighted by molar-refractivity contribution is 5.97. The third kappa shape index (κ3) is 2.34. The minimum Gasteiger partial charge on any atom is -0.353 e. The third-order valence-electron chi connectivity index (χ3n) is 3.24. The molecular weight excluding hydrogens is 262 g/mol. The number of anilines is 2. The van der Waals surface area contributed by atoms with Crippen LogP contribution in [0.3, 0.4) is 0 Å². The average molecular weight is 274 g/mol. The molecule has 0 fully saturated rings. The molecule has 2 aromatic rings. The number of nitrogens with one attached hydrogen (secondary N) is 2. The molecule has 5 heteroatoms. The Morgan fingerprint density at radius 2 is 1.95 bits per heavy atom. The summed E-state index contributed by atoms with van der Waals surface area (Å²) in [6.07, 6.45) is 0.739. The van der Waals surface area contributed by atoms with Crippen LogP contribution in [0.25, 0.3) is 0 Å². The monoisotopic (exact) mass is 274 g/mol. The van der Waals surface area contributed by atoms with Crippen molar-refractivity contribution in [2.45, 2.75) is 6.42 Å². The lowest BCUT2D eigenvalue weighted by Crippen LogP contribution is -2.31. The Morgan fingerprint density at radius 3 is 2.75 bits per heavy atom. The summed E-state index contributed by atoms with van der Waals surface area (Å²) in [7, 11) is 0. The minimum absolute atomic E-state index is 0.0919. The number of amides is 1. The highest BCUT2D eigenvalue weighted by atomic mass is 19.1. The summed E-state index contributed by atoms with van der Waals surface area (Å²) in [5, 5.41) is 5.65. The van der Waals surface area contributed by atoms with Crippen LogP contribution < -0.4 is 10.6 Å². The zero-order chi connectivity index (χ0) is 14.1. The lowest BCUT2D eigenvalue weighted by molar-refractivity contribution is 0.0946. The number of hydrogen-bond donors (Lipinski definition) is 2. The van der Waals surface area contributed by atoms with Crippen LogP contribution in [-0.2, 0) is 6.42 Å². The predicted octanol–water partition coefficient (Wildman–Crippen LogP) is 2.99. The van der Waals surface area contributed by atoms with E-state index in [1.807, 2.05) is 6.07 Å². The van der Waals surface area contributed by atoms with Gasteiger partial charge in [-0.3, -0.25) is 4.79 Å². The molecule has 0 bridgehead atoms. The van der Waals surface area contributed by atoms with Crippen LogP contribution in [0.4, 0.5) is 20.2 Å². The molecule has 1 aliphatic rings. The molecule has 0 atom stereocenters. The standard InChI is InChI=1S/C15H12F2N2O/c16-10-1-4-14(13(17)8-10)19-11-2-3-12-9(7-11)5-6-18-15(12)20/h1-4,7-8,19H,5-6H2,(H,18,20). The fourth-order valence-corrected chi connectivity index (χ4v) is 2.25. The van der Waals surface area contributed by atoms with Gasteiger partial charge in [-0.1, -0.05) is 0 Å². The fraction of sp³-hybridized carbons (Fsp3) is 0.133. The first-order valence-electron chi connectivity index (χ1n) is 6.27. The number of fused-ring (bicyclic) bond motifs is 1. The van der Waals surface area contributed by atoms with E-state index in [1.165, 1.54) is 12.1 Å². The first-order valence-corrected chi connectivity index (χ1v) is 6.27. The molecule has 0 aliphatic carbocycles. The topological polar surface area (TPSA) is 41.1 Å². The van der Waals surface area contributed by atoms with Crippen molar-refractivity contribution in [2.75, 3.05) is 11.9 Å². The first kappa shape index (κ1) is 12.6. The van der Waals surface area contributed by atoms with Crippen molar-refractivity contribution in [2.24, 2.45) is 0 Å². The number of carbonyl (C=O) groups excluding carboxylic acids is 1. The zero-order valence-electron chi connectivity index (χ0n) is 10.5. The number of carbonyl (C=O) groups is 1. The molecule has 0 unspecified atom stereocenters. The van der Waals surface area contributed by atoms with E-state index >= 15 is 0 Å². The molecule has 3 rings (SSSR count). The summed E-state index contributed by atoms with van der Waals surface area (Å²) < 4.78 is 26.4. The lowest BCUT2D eigenvalue weighted by atomic mass is 10.00. The molecule has 0 saturated carbocycles. The largest absolute Gasteiger partial charge is 0.353 e. The Kier molecular flexibility index (Phi) is 3.10. The van der Waals surface area contributed by atoms with Gasteiger partial charge in [0.25, 0.3) is 5.91 Å². The van der Waals surface area contributed by atoms with Gasteiger partial charge in [-0.15, -0.1) is 0 Å². The second kappa shape index (κ2) is 4.92.